The first kappa shape index (κ1) is 21.8. The summed E-state index contributed by atoms with van der Waals surface area (Å²) < 4.78 is 1.98. The number of nitro benzene ring substituents is 1. The summed E-state index contributed by atoms with van der Waals surface area (Å²) in [6.45, 7) is 0.308. The van der Waals surface area contributed by atoms with Gasteiger partial charge >= 0.3 is 0 Å². The lowest BCUT2D eigenvalue weighted by Gasteiger charge is -2.04. The molecule has 7 heteroatoms. The Bertz CT molecular complexity index is 934. The highest BCUT2D eigenvalue weighted by molar-refractivity contribution is 7.99. The van der Waals surface area contributed by atoms with E-state index >= 15 is 0 Å². The lowest BCUT2D eigenvalue weighted by atomic mass is 10.1. The number of carbonyl (C=O) groups excluding carboxylic acids is 1. The van der Waals surface area contributed by atoms with E-state index in [9.17, 15) is 14.9 Å². The molecule has 0 saturated heterocycles. The molecule has 0 saturated carbocycles. The number of nitrogens with zero attached hydrogens (tertiary/aromatic N) is 2. The number of carbonyl (C=O) groups is 1. The molecule has 3 aromatic rings. The third kappa shape index (κ3) is 6.00. The van der Waals surface area contributed by atoms with Crippen molar-refractivity contribution in [1.82, 2.24) is 0 Å². The number of pyridine rings is 1. The van der Waals surface area contributed by atoms with Gasteiger partial charge in [0.2, 0.25) is 12.3 Å². The molecule has 0 bridgehead atoms. The number of hydrogen-bond acceptors (Lipinski definition) is 4. The SMILES string of the molecule is O=C(C[n+]1ccccc1CCSc1ccc([N+](=O)[O-])cc1)c1ccccc1.[Br-]. The van der Waals surface area contributed by atoms with Crippen molar-refractivity contribution in [3.63, 3.8) is 0 Å². The number of hydrogen-bond donors (Lipinski definition) is 0. The second kappa shape index (κ2) is 10.7. The Balaban J connectivity index is 0.00000280. The minimum atomic E-state index is -0.398. The van der Waals surface area contributed by atoms with Gasteiger partial charge in [0.15, 0.2) is 11.9 Å². The van der Waals surface area contributed by atoms with Crippen molar-refractivity contribution in [2.75, 3.05) is 5.75 Å². The van der Waals surface area contributed by atoms with Crippen LogP contribution in [0.5, 0.6) is 0 Å². The van der Waals surface area contributed by atoms with E-state index in [0.29, 0.717) is 12.1 Å². The van der Waals surface area contributed by atoms with Gasteiger partial charge in [0, 0.05) is 46.9 Å². The lowest BCUT2D eigenvalue weighted by Crippen LogP contribution is -3.00. The van der Waals surface area contributed by atoms with Crippen molar-refractivity contribution in [1.29, 1.82) is 0 Å². The monoisotopic (exact) mass is 458 g/mol. The molecule has 0 atom stereocenters. The zero-order chi connectivity index (χ0) is 19.1. The molecule has 5 nitrogen and oxygen atoms in total. The molecule has 2 aromatic carbocycles. The van der Waals surface area contributed by atoms with Crippen LogP contribution in [-0.2, 0) is 13.0 Å². The molecule has 144 valence electrons. The second-order valence-corrected chi connectivity index (χ2v) is 7.13. The first-order valence-corrected chi connectivity index (χ1v) is 9.55. The summed E-state index contributed by atoms with van der Waals surface area (Å²) in [5.41, 5.74) is 1.89. The minimum absolute atomic E-state index is 0. The van der Waals surface area contributed by atoms with Crippen LogP contribution in [0.2, 0.25) is 0 Å². The fraction of sp³-hybridized carbons (Fsp3) is 0.143. The number of non-ortho nitro benzene ring substituents is 1. The van der Waals surface area contributed by atoms with Gasteiger partial charge < -0.3 is 17.0 Å². The summed E-state index contributed by atoms with van der Waals surface area (Å²) in [5, 5.41) is 10.7. The summed E-state index contributed by atoms with van der Waals surface area (Å²) >= 11 is 1.64. The minimum Gasteiger partial charge on any atom is -1.00 e. The van der Waals surface area contributed by atoms with Crippen LogP contribution in [0.4, 0.5) is 5.69 Å². The second-order valence-electron chi connectivity index (χ2n) is 5.96. The molecule has 0 amide bonds. The highest BCUT2D eigenvalue weighted by Gasteiger charge is 2.16. The van der Waals surface area contributed by atoms with Gasteiger partial charge in [-0.05, 0) is 12.1 Å². The largest absolute Gasteiger partial charge is 1.00 e. The standard InChI is InChI=1S/C21H19N2O3S.BrH/c24-21(17-6-2-1-3-7-17)16-22-14-5-4-8-18(22)13-15-27-20-11-9-19(10-12-20)23(25)26;/h1-12,14H,13,15-16H2;1H/q+1;/p-1. The van der Waals surface area contributed by atoms with Gasteiger partial charge in [0.1, 0.15) is 0 Å². The molecular weight excluding hydrogens is 440 g/mol. The van der Waals surface area contributed by atoms with Crippen LogP contribution in [0, 0.1) is 10.1 Å². The Kier molecular flexibility index (Phi) is 8.35. The number of aromatic nitrogens is 1. The molecule has 0 aliphatic carbocycles. The molecule has 1 heterocycles. The van der Waals surface area contributed by atoms with Crippen molar-refractivity contribution in [3.8, 4) is 0 Å². The molecule has 0 unspecified atom stereocenters. The molecular formula is C21H19BrN2O3S. The van der Waals surface area contributed by atoms with Crippen LogP contribution in [0.1, 0.15) is 16.1 Å². The average molecular weight is 459 g/mol. The van der Waals surface area contributed by atoms with Gasteiger partial charge in [-0.25, -0.2) is 0 Å². The zero-order valence-electron chi connectivity index (χ0n) is 15.0. The van der Waals surface area contributed by atoms with E-state index in [0.717, 1.165) is 22.8 Å². The molecule has 0 spiro atoms. The fourth-order valence-electron chi connectivity index (χ4n) is 2.70. The Morgan fingerprint density at radius 3 is 2.32 bits per heavy atom. The van der Waals surface area contributed by atoms with E-state index in [1.807, 2.05) is 59.3 Å². The van der Waals surface area contributed by atoms with Crippen LogP contribution >= 0.6 is 11.8 Å². The van der Waals surface area contributed by atoms with Gasteiger partial charge in [-0.1, -0.05) is 36.4 Å². The van der Waals surface area contributed by atoms with Gasteiger partial charge in [-0.3, -0.25) is 14.9 Å². The van der Waals surface area contributed by atoms with E-state index in [-0.39, 0.29) is 28.5 Å². The number of Topliss-reactive ketones (excluding diaryl/α,β-unsaturated/α-hetero) is 1. The van der Waals surface area contributed by atoms with Gasteiger partial charge in [0.05, 0.1) is 4.92 Å². The average Bonchev–Trinajstić information content (AvgIpc) is 2.70. The summed E-state index contributed by atoms with van der Waals surface area (Å²) in [6, 6.07) is 21.8. The van der Waals surface area contributed by atoms with Gasteiger partial charge in [-0.15, -0.1) is 11.8 Å². The van der Waals surface area contributed by atoms with E-state index in [4.69, 9.17) is 0 Å². The van der Waals surface area contributed by atoms with Gasteiger partial charge in [-0.2, -0.15) is 4.57 Å². The number of ketones is 1. The van der Waals surface area contributed by atoms with Crippen LogP contribution in [0.15, 0.2) is 83.9 Å². The Labute approximate surface area is 178 Å². The molecule has 0 aliphatic heterocycles. The molecule has 1 aromatic heterocycles. The highest BCUT2D eigenvalue weighted by Crippen LogP contribution is 2.21. The molecule has 0 fully saturated rings. The van der Waals surface area contributed by atoms with Crippen molar-refractivity contribution < 1.29 is 31.3 Å². The Morgan fingerprint density at radius 2 is 1.64 bits per heavy atom. The molecule has 0 aliphatic rings. The number of rotatable bonds is 8. The van der Waals surface area contributed by atoms with E-state index < -0.39 is 4.92 Å². The summed E-state index contributed by atoms with van der Waals surface area (Å²) in [6.07, 6.45) is 2.72. The van der Waals surface area contributed by atoms with E-state index in [1.54, 1.807) is 23.9 Å². The predicted molar refractivity (Wildman–Crippen MR) is 105 cm³/mol. The van der Waals surface area contributed by atoms with Crippen LogP contribution < -0.4 is 21.5 Å². The first-order valence-electron chi connectivity index (χ1n) is 8.56. The molecule has 0 radical (unpaired) electrons. The van der Waals surface area contributed by atoms with Crippen molar-refractivity contribution in [3.05, 3.63) is 100 Å². The number of aryl methyl sites for hydroxylation is 1. The van der Waals surface area contributed by atoms with Crippen LogP contribution in [0.3, 0.4) is 0 Å². The number of nitro groups is 1. The maximum atomic E-state index is 12.5. The lowest BCUT2D eigenvalue weighted by molar-refractivity contribution is -0.690. The van der Waals surface area contributed by atoms with Crippen molar-refractivity contribution >= 4 is 23.2 Å². The van der Waals surface area contributed by atoms with Crippen molar-refractivity contribution in [2.45, 2.75) is 17.9 Å². The smallest absolute Gasteiger partial charge is 0.269 e. The van der Waals surface area contributed by atoms with Crippen LogP contribution in [0.25, 0.3) is 0 Å². The highest BCUT2D eigenvalue weighted by atomic mass is 79.9. The quantitative estimate of drug-likeness (QED) is 0.167. The summed E-state index contributed by atoms with van der Waals surface area (Å²) in [4.78, 5) is 23.8. The number of thioether (sulfide) groups is 1. The Morgan fingerprint density at radius 1 is 0.964 bits per heavy atom. The predicted octanol–water partition coefficient (Wildman–Crippen LogP) is 1.10. The summed E-state index contributed by atoms with van der Waals surface area (Å²) in [5.74, 6) is 0.900. The number of halogens is 1. The molecule has 3 rings (SSSR count). The van der Waals surface area contributed by atoms with E-state index in [2.05, 4.69) is 0 Å². The van der Waals surface area contributed by atoms with E-state index in [1.165, 1.54) is 12.1 Å². The third-order valence-electron chi connectivity index (χ3n) is 4.12. The molecule has 28 heavy (non-hydrogen) atoms. The first-order chi connectivity index (χ1) is 13.1. The fourth-order valence-corrected chi connectivity index (χ4v) is 3.58. The Hall–Kier alpha value is -2.51. The maximum Gasteiger partial charge on any atom is 0.269 e. The third-order valence-corrected chi connectivity index (χ3v) is 5.13. The zero-order valence-corrected chi connectivity index (χ0v) is 17.4. The maximum absolute atomic E-state index is 12.5. The van der Waals surface area contributed by atoms with Gasteiger partial charge in [0.25, 0.3) is 5.69 Å². The topological polar surface area (TPSA) is 64.1 Å². The number of benzene rings is 2. The van der Waals surface area contributed by atoms with Crippen molar-refractivity contribution in [2.24, 2.45) is 0 Å². The summed E-state index contributed by atoms with van der Waals surface area (Å²) in [7, 11) is 0. The normalized spacial score (nSPS) is 10.1. The molecule has 0 N–H and O–H groups in total. The van der Waals surface area contributed by atoms with Crippen LogP contribution in [-0.4, -0.2) is 16.5 Å².